The minimum absolute atomic E-state index is 0.686. The molecule has 17 heavy (non-hydrogen) atoms. The van der Waals surface area contributed by atoms with Crippen LogP contribution in [0.3, 0.4) is 0 Å². The van der Waals surface area contributed by atoms with Crippen LogP contribution in [0, 0.1) is 0 Å². The quantitative estimate of drug-likeness (QED) is 0.855. The summed E-state index contributed by atoms with van der Waals surface area (Å²) in [5, 5.41) is 3.48. The summed E-state index contributed by atoms with van der Waals surface area (Å²) in [7, 11) is 2.24. The van der Waals surface area contributed by atoms with Gasteiger partial charge in [0.15, 0.2) is 0 Å². The van der Waals surface area contributed by atoms with Crippen molar-refractivity contribution >= 4 is 0 Å². The van der Waals surface area contributed by atoms with Crippen molar-refractivity contribution in [1.29, 1.82) is 0 Å². The molecule has 1 unspecified atom stereocenters. The first-order valence-corrected chi connectivity index (χ1v) is 6.76. The van der Waals surface area contributed by atoms with Gasteiger partial charge in [-0.25, -0.2) is 4.98 Å². The second kappa shape index (κ2) is 4.78. The molecule has 1 saturated heterocycles. The Morgan fingerprint density at radius 1 is 1.47 bits per heavy atom. The summed E-state index contributed by atoms with van der Waals surface area (Å²) in [6.07, 6.45) is 9.32. The lowest BCUT2D eigenvalue weighted by Gasteiger charge is -2.31. The number of aromatic nitrogens is 2. The average molecular weight is 234 g/mol. The zero-order valence-electron chi connectivity index (χ0n) is 10.6. The Bertz CT molecular complexity index is 363. The highest BCUT2D eigenvalue weighted by atomic mass is 15.2. The number of hydrogen-bond acceptors (Lipinski definition) is 3. The third-order valence-electron chi connectivity index (χ3n) is 3.99. The van der Waals surface area contributed by atoms with Crippen LogP contribution >= 0.6 is 0 Å². The van der Waals surface area contributed by atoms with Crippen LogP contribution in [0.25, 0.3) is 0 Å². The van der Waals surface area contributed by atoms with Gasteiger partial charge in [0, 0.05) is 31.4 Å². The summed E-state index contributed by atoms with van der Waals surface area (Å²) in [6.45, 7) is 3.35. The Hall–Kier alpha value is -0.870. The second-order valence-corrected chi connectivity index (χ2v) is 5.44. The Morgan fingerprint density at radius 2 is 2.35 bits per heavy atom. The van der Waals surface area contributed by atoms with Gasteiger partial charge in [-0.3, -0.25) is 4.90 Å². The summed E-state index contributed by atoms with van der Waals surface area (Å²) in [5.41, 5.74) is 1.38. The number of likely N-dealkylation sites (N-methyl/N-ethyl adjacent to an activating group) is 1. The van der Waals surface area contributed by atoms with Gasteiger partial charge in [-0.1, -0.05) is 0 Å². The molecule has 2 heterocycles. The minimum atomic E-state index is 0.686. The average Bonchev–Trinajstić information content (AvgIpc) is 3.11. The fourth-order valence-electron chi connectivity index (χ4n) is 2.73. The van der Waals surface area contributed by atoms with Gasteiger partial charge in [-0.15, -0.1) is 0 Å². The Kier molecular flexibility index (Phi) is 3.16. The molecule has 2 fully saturated rings. The van der Waals surface area contributed by atoms with Crippen LogP contribution in [0.2, 0.25) is 0 Å². The highest BCUT2D eigenvalue weighted by molar-refractivity contribution is 5.03. The zero-order valence-corrected chi connectivity index (χ0v) is 10.6. The highest BCUT2D eigenvalue weighted by Gasteiger charge is 2.26. The van der Waals surface area contributed by atoms with Crippen molar-refractivity contribution in [3.63, 3.8) is 0 Å². The maximum absolute atomic E-state index is 4.30. The molecule has 0 radical (unpaired) electrons. The topological polar surface area (TPSA) is 33.1 Å². The molecule has 1 atom stereocenters. The fraction of sp³-hybridized carbons (Fsp3) is 0.769. The van der Waals surface area contributed by atoms with Gasteiger partial charge >= 0.3 is 0 Å². The molecule has 94 valence electrons. The lowest BCUT2D eigenvalue weighted by molar-refractivity contribution is 0.192. The van der Waals surface area contributed by atoms with Crippen molar-refractivity contribution in [3.05, 3.63) is 18.2 Å². The van der Waals surface area contributed by atoms with Crippen LogP contribution in [0.5, 0.6) is 0 Å². The number of nitrogens with one attached hydrogen (secondary N) is 1. The molecule has 1 aromatic heterocycles. The first kappa shape index (κ1) is 11.2. The Balaban J connectivity index is 1.62. The molecule has 0 amide bonds. The number of hydrogen-bond donors (Lipinski definition) is 1. The van der Waals surface area contributed by atoms with Crippen molar-refractivity contribution in [3.8, 4) is 0 Å². The van der Waals surface area contributed by atoms with Crippen LogP contribution in [0.1, 0.15) is 37.4 Å². The number of nitrogens with zero attached hydrogens (tertiary/aromatic N) is 3. The maximum atomic E-state index is 4.30. The van der Waals surface area contributed by atoms with Crippen molar-refractivity contribution in [2.75, 3.05) is 20.1 Å². The van der Waals surface area contributed by atoms with Gasteiger partial charge < -0.3 is 9.88 Å². The molecule has 1 saturated carbocycles. The third kappa shape index (κ3) is 2.53. The molecule has 1 aliphatic carbocycles. The van der Waals surface area contributed by atoms with Gasteiger partial charge in [0.05, 0.1) is 12.0 Å². The zero-order chi connectivity index (χ0) is 11.7. The lowest BCUT2D eigenvalue weighted by atomic mass is 10.1. The number of piperidine rings is 1. The molecule has 4 nitrogen and oxygen atoms in total. The minimum Gasteiger partial charge on any atom is -0.330 e. The second-order valence-electron chi connectivity index (χ2n) is 5.44. The SMILES string of the molecule is CN(Cc1cncn1C1CC1)C1CCCNC1. The fourth-order valence-corrected chi connectivity index (χ4v) is 2.73. The summed E-state index contributed by atoms with van der Waals surface area (Å²) < 4.78 is 2.37. The lowest BCUT2D eigenvalue weighted by Crippen LogP contribution is -2.43. The van der Waals surface area contributed by atoms with E-state index in [-0.39, 0.29) is 0 Å². The van der Waals surface area contributed by atoms with Crippen LogP contribution in [0.15, 0.2) is 12.5 Å². The predicted octanol–water partition coefficient (Wildman–Crippen LogP) is 1.40. The largest absolute Gasteiger partial charge is 0.330 e. The molecular weight excluding hydrogens is 212 g/mol. The number of rotatable bonds is 4. The van der Waals surface area contributed by atoms with E-state index >= 15 is 0 Å². The first-order chi connectivity index (χ1) is 8.34. The van der Waals surface area contributed by atoms with Crippen molar-refractivity contribution in [2.24, 2.45) is 0 Å². The van der Waals surface area contributed by atoms with Crippen LogP contribution in [-0.2, 0) is 6.54 Å². The molecule has 0 aromatic carbocycles. The summed E-state index contributed by atoms with van der Waals surface area (Å²) in [6, 6.07) is 1.43. The smallest absolute Gasteiger partial charge is 0.0951 e. The molecule has 3 rings (SSSR count). The molecule has 1 aliphatic heterocycles. The van der Waals surface area contributed by atoms with Crippen LogP contribution < -0.4 is 5.32 Å². The Morgan fingerprint density at radius 3 is 3.06 bits per heavy atom. The van der Waals surface area contributed by atoms with E-state index in [0.29, 0.717) is 6.04 Å². The number of imidazole rings is 1. The molecule has 4 heteroatoms. The van der Waals surface area contributed by atoms with Crippen molar-refractivity contribution in [1.82, 2.24) is 19.8 Å². The van der Waals surface area contributed by atoms with Gasteiger partial charge in [0.1, 0.15) is 0 Å². The van der Waals surface area contributed by atoms with Crippen molar-refractivity contribution < 1.29 is 0 Å². The standard InChI is InChI=1S/C13H22N4/c1-16(12-3-2-6-14-7-12)9-13-8-15-10-17(13)11-4-5-11/h8,10-12,14H,2-7,9H2,1H3. The van der Waals surface area contributed by atoms with Gasteiger partial charge in [-0.2, -0.15) is 0 Å². The van der Waals surface area contributed by atoms with E-state index in [9.17, 15) is 0 Å². The van der Waals surface area contributed by atoms with E-state index in [0.717, 1.165) is 19.1 Å². The normalized spacial score (nSPS) is 25.4. The monoisotopic (exact) mass is 234 g/mol. The maximum Gasteiger partial charge on any atom is 0.0951 e. The highest BCUT2D eigenvalue weighted by Crippen LogP contribution is 2.35. The molecule has 1 N–H and O–H groups in total. The first-order valence-electron chi connectivity index (χ1n) is 6.76. The molecular formula is C13H22N4. The van der Waals surface area contributed by atoms with E-state index in [1.807, 2.05) is 12.5 Å². The van der Waals surface area contributed by atoms with Crippen LogP contribution in [0.4, 0.5) is 0 Å². The van der Waals surface area contributed by atoms with Crippen molar-refractivity contribution in [2.45, 2.75) is 44.3 Å². The summed E-state index contributed by atoms with van der Waals surface area (Å²) >= 11 is 0. The van der Waals surface area contributed by atoms with Gasteiger partial charge in [-0.05, 0) is 39.3 Å². The van der Waals surface area contributed by atoms with E-state index in [1.54, 1.807) is 0 Å². The predicted molar refractivity (Wildman–Crippen MR) is 67.9 cm³/mol. The molecule has 0 spiro atoms. The molecule has 1 aromatic rings. The summed E-state index contributed by atoms with van der Waals surface area (Å²) in [5.74, 6) is 0. The Labute approximate surface area is 103 Å². The van der Waals surface area contributed by atoms with E-state index in [1.165, 1.54) is 37.9 Å². The molecule has 0 bridgehead atoms. The van der Waals surface area contributed by atoms with Gasteiger partial charge in [0.2, 0.25) is 0 Å². The molecule has 2 aliphatic rings. The van der Waals surface area contributed by atoms with E-state index in [2.05, 4.69) is 26.8 Å². The summed E-state index contributed by atoms with van der Waals surface area (Å²) in [4.78, 5) is 6.78. The van der Waals surface area contributed by atoms with E-state index in [4.69, 9.17) is 0 Å². The third-order valence-corrected chi connectivity index (χ3v) is 3.99. The van der Waals surface area contributed by atoms with Crippen LogP contribution in [-0.4, -0.2) is 40.6 Å². The van der Waals surface area contributed by atoms with Gasteiger partial charge in [0.25, 0.3) is 0 Å². The van der Waals surface area contributed by atoms with E-state index < -0.39 is 0 Å².